The predicted octanol–water partition coefficient (Wildman–Crippen LogP) is 3.40. The van der Waals surface area contributed by atoms with Gasteiger partial charge in [-0.1, -0.05) is 36.8 Å². The molecule has 2 aromatic rings. The van der Waals surface area contributed by atoms with Gasteiger partial charge in [0, 0.05) is 29.5 Å². The Morgan fingerprint density at radius 2 is 2.11 bits per heavy atom. The molecule has 3 heteroatoms. The third kappa shape index (κ3) is 2.33. The lowest BCUT2D eigenvalue weighted by atomic mass is 9.59. The predicted molar refractivity (Wildman–Crippen MR) is 80.6 cm³/mol. The van der Waals surface area contributed by atoms with Crippen LogP contribution >= 0.6 is 11.3 Å². The summed E-state index contributed by atoms with van der Waals surface area (Å²) in [7, 11) is 2.08. The molecule has 3 rings (SSSR count). The van der Waals surface area contributed by atoms with Crippen LogP contribution in [-0.4, -0.2) is 18.1 Å². The van der Waals surface area contributed by atoms with Gasteiger partial charge in [0.15, 0.2) is 0 Å². The van der Waals surface area contributed by atoms with E-state index >= 15 is 0 Å². The maximum absolute atomic E-state index is 4.45. The molecule has 0 spiro atoms. The first-order valence-electron chi connectivity index (χ1n) is 6.96. The molecule has 1 fully saturated rings. The van der Waals surface area contributed by atoms with Crippen LogP contribution in [0.3, 0.4) is 0 Å². The second kappa shape index (κ2) is 5.43. The molecule has 0 saturated heterocycles. The van der Waals surface area contributed by atoms with Crippen LogP contribution in [0.4, 0.5) is 0 Å². The number of aromatic nitrogens is 1. The van der Waals surface area contributed by atoms with Gasteiger partial charge in [-0.25, -0.2) is 4.98 Å². The van der Waals surface area contributed by atoms with Crippen molar-refractivity contribution in [2.24, 2.45) is 0 Å². The van der Waals surface area contributed by atoms with Crippen molar-refractivity contribution in [1.29, 1.82) is 0 Å². The molecule has 0 aliphatic heterocycles. The van der Waals surface area contributed by atoms with Gasteiger partial charge in [0.2, 0.25) is 0 Å². The minimum atomic E-state index is 0.307. The summed E-state index contributed by atoms with van der Waals surface area (Å²) >= 11 is 1.76. The van der Waals surface area contributed by atoms with E-state index in [9.17, 15) is 0 Å². The van der Waals surface area contributed by atoms with Crippen molar-refractivity contribution in [2.45, 2.75) is 37.1 Å². The molecule has 0 bridgehead atoms. The van der Waals surface area contributed by atoms with E-state index in [0.29, 0.717) is 11.5 Å². The molecule has 1 aliphatic carbocycles. The van der Waals surface area contributed by atoms with E-state index in [-0.39, 0.29) is 0 Å². The number of nitrogens with one attached hydrogen (secondary N) is 1. The van der Waals surface area contributed by atoms with Crippen LogP contribution in [0.25, 0.3) is 0 Å². The average molecular weight is 272 g/mol. The van der Waals surface area contributed by atoms with Gasteiger partial charge in [-0.3, -0.25) is 0 Å². The van der Waals surface area contributed by atoms with E-state index in [1.807, 2.05) is 6.20 Å². The molecule has 1 unspecified atom stereocenters. The van der Waals surface area contributed by atoms with Gasteiger partial charge in [-0.2, -0.15) is 0 Å². The first-order chi connectivity index (χ1) is 9.35. The molecule has 1 saturated carbocycles. The summed E-state index contributed by atoms with van der Waals surface area (Å²) in [6.45, 7) is 0. The summed E-state index contributed by atoms with van der Waals surface area (Å²) in [5, 5.41) is 6.85. The number of hydrogen-bond donors (Lipinski definition) is 1. The molecular weight excluding hydrogens is 252 g/mol. The van der Waals surface area contributed by atoms with Crippen molar-refractivity contribution in [3.05, 3.63) is 52.5 Å². The Bertz CT molecular complexity index is 503. The smallest absolute Gasteiger partial charge is 0.0940 e. The van der Waals surface area contributed by atoms with Crippen molar-refractivity contribution < 1.29 is 0 Å². The Morgan fingerprint density at radius 3 is 2.63 bits per heavy atom. The topological polar surface area (TPSA) is 24.9 Å². The number of benzene rings is 1. The SMILES string of the molecule is CNC(Cc1nccs1)C1(c2ccccc2)CCC1. The monoisotopic (exact) mass is 272 g/mol. The summed E-state index contributed by atoms with van der Waals surface area (Å²) in [6.07, 6.45) is 6.85. The Morgan fingerprint density at radius 1 is 1.32 bits per heavy atom. The Hall–Kier alpha value is -1.19. The van der Waals surface area contributed by atoms with Gasteiger partial charge in [-0.05, 0) is 25.5 Å². The molecule has 1 heterocycles. The molecule has 0 radical (unpaired) electrons. The quantitative estimate of drug-likeness (QED) is 0.902. The second-order valence-electron chi connectivity index (χ2n) is 5.35. The third-order valence-electron chi connectivity index (χ3n) is 4.47. The zero-order valence-corrected chi connectivity index (χ0v) is 12.1. The molecule has 100 valence electrons. The zero-order chi connectivity index (χ0) is 13.1. The summed E-state index contributed by atoms with van der Waals surface area (Å²) in [5.41, 5.74) is 1.79. The van der Waals surface area contributed by atoms with Crippen LogP contribution in [0, 0.1) is 0 Å². The second-order valence-corrected chi connectivity index (χ2v) is 6.33. The minimum Gasteiger partial charge on any atom is -0.316 e. The first-order valence-corrected chi connectivity index (χ1v) is 7.84. The number of rotatable bonds is 5. The summed E-state index contributed by atoms with van der Waals surface area (Å²) in [4.78, 5) is 4.45. The summed E-state index contributed by atoms with van der Waals surface area (Å²) in [5.74, 6) is 0. The minimum absolute atomic E-state index is 0.307. The average Bonchev–Trinajstić information content (AvgIpc) is 2.90. The highest BCUT2D eigenvalue weighted by Crippen LogP contribution is 2.47. The number of likely N-dealkylation sites (N-methyl/N-ethyl adjacent to an activating group) is 1. The molecular formula is C16H20N2S. The van der Waals surface area contributed by atoms with E-state index in [2.05, 4.69) is 53.1 Å². The van der Waals surface area contributed by atoms with Crippen molar-refractivity contribution >= 4 is 11.3 Å². The largest absolute Gasteiger partial charge is 0.316 e. The molecule has 0 amide bonds. The van der Waals surface area contributed by atoms with Gasteiger partial charge >= 0.3 is 0 Å². The Balaban J connectivity index is 1.87. The lowest BCUT2D eigenvalue weighted by molar-refractivity contribution is 0.174. The molecule has 1 aliphatic rings. The van der Waals surface area contributed by atoms with E-state index in [0.717, 1.165) is 6.42 Å². The number of nitrogens with zero attached hydrogens (tertiary/aromatic N) is 1. The number of thiazole rings is 1. The lowest BCUT2D eigenvalue weighted by Crippen LogP contribution is -2.52. The molecule has 1 atom stereocenters. The van der Waals surface area contributed by atoms with Crippen LogP contribution in [0.15, 0.2) is 41.9 Å². The van der Waals surface area contributed by atoms with Gasteiger partial charge in [0.25, 0.3) is 0 Å². The summed E-state index contributed by atoms with van der Waals surface area (Å²) < 4.78 is 0. The van der Waals surface area contributed by atoms with Crippen LogP contribution in [0.5, 0.6) is 0 Å². The van der Waals surface area contributed by atoms with E-state index in [4.69, 9.17) is 0 Å². The fourth-order valence-electron chi connectivity index (χ4n) is 3.27. The normalized spacial score (nSPS) is 18.8. The molecule has 1 aromatic heterocycles. The van der Waals surface area contributed by atoms with E-state index in [1.54, 1.807) is 11.3 Å². The van der Waals surface area contributed by atoms with E-state index in [1.165, 1.54) is 29.8 Å². The highest BCUT2D eigenvalue weighted by molar-refractivity contribution is 7.09. The van der Waals surface area contributed by atoms with Gasteiger partial charge < -0.3 is 5.32 Å². The van der Waals surface area contributed by atoms with Gasteiger partial charge in [0.05, 0.1) is 5.01 Å². The maximum atomic E-state index is 4.45. The van der Waals surface area contributed by atoms with Crippen LogP contribution in [0.2, 0.25) is 0 Å². The number of hydrogen-bond acceptors (Lipinski definition) is 3. The molecule has 19 heavy (non-hydrogen) atoms. The van der Waals surface area contributed by atoms with Crippen molar-refractivity contribution in [3.63, 3.8) is 0 Å². The standard InChI is InChI=1S/C16H20N2S/c1-17-14(12-15-18-10-11-19-15)16(8-5-9-16)13-6-3-2-4-7-13/h2-4,6-7,10-11,14,17H,5,8-9,12H2,1H3. The molecule has 1 aromatic carbocycles. The maximum Gasteiger partial charge on any atom is 0.0940 e. The molecule has 1 N–H and O–H groups in total. The Labute approximate surface area is 118 Å². The summed E-state index contributed by atoms with van der Waals surface area (Å²) in [6, 6.07) is 11.5. The van der Waals surface area contributed by atoms with Crippen molar-refractivity contribution in [3.8, 4) is 0 Å². The lowest BCUT2D eigenvalue weighted by Gasteiger charge is -2.48. The van der Waals surface area contributed by atoms with Crippen LogP contribution < -0.4 is 5.32 Å². The zero-order valence-electron chi connectivity index (χ0n) is 11.3. The van der Waals surface area contributed by atoms with Crippen LogP contribution in [-0.2, 0) is 11.8 Å². The third-order valence-corrected chi connectivity index (χ3v) is 5.27. The van der Waals surface area contributed by atoms with E-state index < -0.39 is 0 Å². The van der Waals surface area contributed by atoms with Crippen molar-refractivity contribution in [1.82, 2.24) is 10.3 Å². The highest BCUT2D eigenvalue weighted by atomic mass is 32.1. The van der Waals surface area contributed by atoms with Crippen LogP contribution in [0.1, 0.15) is 29.8 Å². The van der Waals surface area contributed by atoms with Gasteiger partial charge in [-0.15, -0.1) is 11.3 Å². The molecule has 2 nitrogen and oxygen atoms in total. The fraction of sp³-hybridized carbons (Fsp3) is 0.438. The first kappa shape index (κ1) is 12.8. The highest BCUT2D eigenvalue weighted by Gasteiger charge is 2.44. The Kier molecular flexibility index (Phi) is 3.67. The fourth-order valence-corrected chi connectivity index (χ4v) is 3.93. The van der Waals surface area contributed by atoms with Gasteiger partial charge in [0.1, 0.15) is 0 Å². The van der Waals surface area contributed by atoms with Crippen molar-refractivity contribution in [2.75, 3.05) is 7.05 Å².